The third-order valence-corrected chi connectivity index (χ3v) is 3.08. The first kappa shape index (κ1) is 16.9. The molecule has 0 unspecified atom stereocenters. The second-order valence-corrected chi connectivity index (χ2v) is 4.48. The van der Waals surface area contributed by atoms with Crippen LogP contribution >= 0.6 is 0 Å². The minimum atomic E-state index is -0.721. The van der Waals surface area contributed by atoms with Crippen LogP contribution in [0.3, 0.4) is 0 Å². The van der Waals surface area contributed by atoms with Crippen molar-refractivity contribution in [3.05, 3.63) is 45.3 Å². The van der Waals surface area contributed by atoms with Gasteiger partial charge in [-0.05, 0) is 10.9 Å². The lowest BCUT2D eigenvalue weighted by Gasteiger charge is -2.05. The molecule has 24 heavy (non-hydrogen) atoms. The van der Waals surface area contributed by atoms with E-state index in [4.69, 9.17) is 4.74 Å². The molecule has 11 nitrogen and oxygen atoms in total. The van der Waals surface area contributed by atoms with Crippen molar-refractivity contribution >= 4 is 23.2 Å². The highest BCUT2D eigenvalue weighted by molar-refractivity contribution is 5.93. The Morgan fingerprint density at radius 1 is 1.33 bits per heavy atom. The number of benzene rings is 1. The zero-order valence-corrected chi connectivity index (χ0v) is 13.0. The maximum absolute atomic E-state index is 12.3. The Morgan fingerprint density at radius 2 is 2.04 bits per heavy atom. The van der Waals surface area contributed by atoms with Crippen molar-refractivity contribution in [1.29, 1.82) is 0 Å². The van der Waals surface area contributed by atoms with E-state index < -0.39 is 10.9 Å². The quantitative estimate of drug-likeness (QED) is 0.268. The first-order chi connectivity index (χ1) is 11.4. The van der Waals surface area contributed by atoms with E-state index in [0.29, 0.717) is 0 Å². The normalized spacial score (nSPS) is 11.2. The number of nitro groups is 1. The van der Waals surface area contributed by atoms with E-state index in [-0.39, 0.29) is 33.4 Å². The lowest BCUT2D eigenvalue weighted by atomic mass is 10.2. The summed E-state index contributed by atoms with van der Waals surface area (Å²) in [4.78, 5) is 22.0. The molecule has 0 radical (unpaired) electrons. The monoisotopic (exact) mass is 335 g/mol. The maximum atomic E-state index is 12.3. The number of hydrogen-bond donors (Lipinski definition) is 0. The molecule has 126 valence electrons. The third-order valence-electron chi connectivity index (χ3n) is 3.08. The number of non-ortho nitro benzene ring substituents is 1. The van der Waals surface area contributed by atoms with Gasteiger partial charge in [-0.25, -0.2) is 9.48 Å². The lowest BCUT2D eigenvalue weighted by molar-refractivity contribution is -0.438. The average molecular weight is 335 g/mol. The highest BCUT2D eigenvalue weighted by Crippen LogP contribution is 2.32. The van der Waals surface area contributed by atoms with Crippen molar-refractivity contribution in [3.8, 4) is 5.75 Å². The molecule has 0 fully saturated rings. The van der Waals surface area contributed by atoms with E-state index in [9.17, 15) is 20.1 Å². The summed E-state index contributed by atoms with van der Waals surface area (Å²) in [6, 6.07) is 3.49. The number of nitro benzene ring substituents is 1. The van der Waals surface area contributed by atoms with Crippen molar-refractivity contribution in [3.63, 3.8) is 0 Å². The van der Waals surface area contributed by atoms with Crippen LogP contribution in [-0.2, 0) is 11.8 Å². The molecule has 0 aliphatic heterocycles. The summed E-state index contributed by atoms with van der Waals surface area (Å²) in [5, 5.41) is 30.8. The number of azo groups is 1. The number of carbonyl (C=O) groups is 1. The van der Waals surface area contributed by atoms with E-state index in [2.05, 4.69) is 14.9 Å². The van der Waals surface area contributed by atoms with Gasteiger partial charge in [0.2, 0.25) is 5.82 Å². The lowest BCUT2D eigenvalue weighted by Crippen LogP contribution is -2.03. The fraction of sp³-hybridized carbons (Fsp3) is 0.231. The van der Waals surface area contributed by atoms with E-state index >= 15 is 0 Å². The minimum absolute atomic E-state index is 0.0229. The van der Waals surface area contributed by atoms with Gasteiger partial charge in [0, 0.05) is 18.2 Å². The van der Waals surface area contributed by atoms with Gasteiger partial charge in [0.15, 0.2) is 5.75 Å². The van der Waals surface area contributed by atoms with Crippen molar-refractivity contribution in [2.24, 2.45) is 12.2 Å². The Hall–Kier alpha value is -3.50. The topological polar surface area (TPSA) is 135 Å². The van der Waals surface area contributed by atoms with Gasteiger partial charge in [-0.1, -0.05) is 0 Å². The number of ether oxygens (including phenoxy) is 2. The first-order valence-electron chi connectivity index (χ1n) is 6.50. The fourth-order valence-electron chi connectivity index (χ4n) is 1.88. The zero-order valence-electron chi connectivity index (χ0n) is 13.0. The highest BCUT2D eigenvalue weighted by Gasteiger charge is 2.23. The summed E-state index contributed by atoms with van der Waals surface area (Å²) in [6.07, 6.45) is 1.20. The van der Waals surface area contributed by atoms with E-state index in [1.807, 2.05) is 0 Å². The van der Waals surface area contributed by atoms with Crippen LogP contribution in [0.5, 0.6) is 5.75 Å². The van der Waals surface area contributed by atoms with Crippen LogP contribution in [0, 0.1) is 15.3 Å². The van der Waals surface area contributed by atoms with Crippen LogP contribution in [0.15, 0.2) is 29.5 Å². The predicted molar refractivity (Wildman–Crippen MR) is 79.6 cm³/mol. The highest BCUT2D eigenvalue weighted by atomic mass is 16.6. The van der Waals surface area contributed by atoms with Crippen LogP contribution in [0.25, 0.3) is 0 Å². The van der Waals surface area contributed by atoms with Gasteiger partial charge in [-0.3, -0.25) is 10.1 Å². The molecular weight excluding hydrogens is 322 g/mol. The Morgan fingerprint density at radius 3 is 2.62 bits per heavy atom. The second-order valence-electron chi connectivity index (χ2n) is 4.48. The van der Waals surface area contributed by atoms with Crippen LogP contribution < -0.4 is 4.74 Å². The number of hydrogen-bond acceptors (Lipinski definition) is 8. The van der Waals surface area contributed by atoms with E-state index in [1.165, 1.54) is 44.3 Å². The maximum Gasteiger partial charge on any atom is 0.343 e. The van der Waals surface area contributed by atoms with Gasteiger partial charge in [0.1, 0.15) is 5.56 Å². The third kappa shape index (κ3) is 3.14. The summed E-state index contributed by atoms with van der Waals surface area (Å²) in [5.41, 5.74) is -0.519. The molecule has 0 aliphatic rings. The molecule has 2 aromatic rings. The molecule has 0 bridgehead atoms. The van der Waals surface area contributed by atoms with Gasteiger partial charge in [0.25, 0.3) is 11.4 Å². The largest absolute Gasteiger partial charge is 0.594 e. The minimum Gasteiger partial charge on any atom is -0.594 e. The van der Waals surface area contributed by atoms with Crippen molar-refractivity contribution in [2.75, 3.05) is 14.2 Å². The molecule has 0 aliphatic carbocycles. The molecule has 2 rings (SSSR count). The number of esters is 1. The number of methoxy groups -OCH3 is 2. The Labute approximate surface area is 135 Å². The van der Waals surface area contributed by atoms with Crippen LogP contribution in [0.4, 0.5) is 17.2 Å². The summed E-state index contributed by atoms with van der Waals surface area (Å²) in [7, 11) is 3.96. The smallest absolute Gasteiger partial charge is 0.343 e. The molecule has 11 heteroatoms. The number of aryl methyl sites for hydroxylation is 1. The second kappa shape index (κ2) is 6.73. The molecule has 1 aromatic carbocycles. The molecule has 1 heterocycles. The SMILES string of the molecule is COC(=O)c1cnn(C)c1/N=[N+](\[O-])c1cc([N+](=O)[O-])ccc1OC. The zero-order chi connectivity index (χ0) is 17.9. The molecule has 0 N–H and O–H groups in total. The Kier molecular flexibility index (Phi) is 4.73. The van der Waals surface area contributed by atoms with Crippen LogP contribution in [-0.4, -0.2) is 39.8 Å². The number of aromatic nitrogens is 2. The summed E-state index contributed by atoms with van der Waals surface area (Å²) < 4.78 is 10.8. The molecule has 0 spiro atoms. The Balaban J connectivity index is 2.56. The van der Waals surface area contributed by atoms with Gasteiger partial charge in [-0.15, -0.1) is 0 Å². The predicted octanol–water partition coefficient (Wildman–Crippen LogP) is 2.05. The van der Waals surface area contributed by atoms with E-state index in [1.54, 1.807) is 0 Å². The standard InChI is InChI=1S/C13H13N5O6/c1-16-12(9(7-14-16)13(19)24-3)15-17(20)10-6-8(18(21)22)4-5-11(10)23-2/h4-7H,1-3H3/b17-15-. The number of carbonyl (C=O) groups excluding carboxylic acids is 1. The number of rotatable bonds is 5. The summed E-state index contributed by atoms with van der Waals surface area (Å²) in [5.74, 6) is -0.701. The van der Waals surface area contributed by atoms with Gasteiger partial charge < -0.3 is 14.7 Å². The molecule has 0 amide bonds. The van der Waals surface area contributed by atoms with Gasteiger partial charge in [0.05, 0.1) is 31.4 Å². The Bertz CT molecular complexity index is 828. The summed E-state index contributed by atoms with van der Waals surface area (Å²) in [6.45, 7) is 0. The molecule has 1 aromatic heterocycles. The molecular formula is C13H13N5O6. The average Bonchev–Trinajstić information content (AvgIpc) is 2.94. The van der Waals surface area contributed by atoms with Crippen LogP contribution in [0.2, 0.25) is 0 Å². The molecule has 0 saturated carbocycles. The van der Waals surface area contributed by atoms with E-state index in [0.717, 1.165) is 6.07 Å². The summed E-state index contributed by atoms with van der Waals surface area (Å²) >= 11 is 0. The van der Waals surface area contributed by atoms with Gasteiger partial charge in [-0.2, -0.15) is 5.10 Å². The molecule has 0 atom stereocenters. The van der Waals surface area contributed by atoms with Crippen LogP contribution in [0.1, 0.15) is 10.4 Å². The van der Waals surface area contributed by atoms with Gasteiger partial charge >= 0.3 is 5.97 Å². The van der Waals surface area contributed by atoms with Crippen molar-refractivity contribution in [2.45, 2.75) is 0 Å². The van der Waals surface area contributed by atoms with Crippen molar-refractivity contribution in [1.82, 2.24) is 9.78 Å². The fourth-order valence-corrected chi connectivity index (χ4v) is 1.88. The van der Waals surface area contributed by atoms with Crippen molar-refractivity contribution < 1.29 is 24.1 Å². The number of nitrogens with zero attached hydrogens (tertiary/aromatic N) is 5. The first-order valence-corrected chi connectivity index (χ1v) is 6.50. The molecule has 0 saturated heterocycles.